The van der Waals surface area contributed by atoms with Gasteiger partial charge in [0.05, 0.1) is 17.3 Å². The normalized spacial score (nSPS) is 13.9. The maximum absolute atomic E-state index is 9.27. The Morgan fingerprint density at radius 3 is 2.48 bits per heavy atom. The summed E-state index contributed by atoms with van der Waals surface area (Å²) >= 11 is 6.11. The molecule has 0 radical (unpaired) electrons. The lowest BCUT2D eigenvalue weighted by atomic mass is 10.1. The number of nitriles is 1. The van der Waals surface area contributed by atoms with E-state index in [1.807, 2.05) is 54.4 Å². The SMILES string of the molecule is C=NC1=C(N(CCc2cccc(C#N)c2)Cc2ccc(Cl)cc2)C(=C)N(CCC)C(=C)N1C. The molecule has 2 aromatic rings. The smallest absolute Gasteiger partial charge is 0.159 e. The molecule has 5 nitrogen and oxygen atoms in total. The van der Waals surface area contributed by atoms with Gasteiger partial charge in [0.1, 0.15) is 11.5 Å². The predicted molar refractivity (Wildman–Crippen MR) is 136 cm³/mol. The van der Waals surface area contributed by atoms with E-state index >= 15 is 0 Å². The summed E-state index contributed by atoms with van der Waals surface area (Å²) < 4.78 is 0. The maximum Gasteiger partial charge on any atom is 0.159 e. The van der Waals surface area contributed by atoms with E-state index in [0.717, 1.165) is 53.5 Å². The minimum absolute atomic E-state index is 0.656. The first kappa shape index (κ1) is 24.2. The van der Waals surface area contributed by atoms with Crippen molar-refractivity contribution in [2.24, 2.45) is 4.99 Å². The Labute approximate surface area is 202 Å². The lowest BCUT2D eigenvalue weighted by Crippen LogP contribution is -2.42. The van der Waals surface area contributed by atoms with Gasteiger partial charge in [-0.3, -0.25) is 0 Å². The van der Waals surface area contributed by atoms with Crippen molar-refractivity contribution in [3.8, 4) is 6.07 Å². The fraction of sp³-hybridized carbons (Fsp3) is 0.259. The second-order valence-electron chi connectivity index (χ2n) is 8.01. The van der Waals surface area contributed by atoms with E-state index in [4.69, 9.17) is 11.6 Å². The predicted octanol–water partition coefficient (Wildman–Crippen LogP) is 5.77. The van der Waals surface area contributed by atoms with Gasteiger partial charge in [0, 0.05) is 31.7 Å². The van der Waals surface area contributed by atoms with Gasteiger partial charge in [-0.25, -0.2) is 4.99 Å². The van der Waals surface area contributed by atoms with Crippen molar-refractivity contribution < 1.29 is 0 Å². The highest BCUT2D eigenvalue weighted by Crippen LogP contribution is 2.35. The topological polar surface area (TPSA) is 45.9 Å². The molecule has 0 aromatic heterocycles. The van der Waals surface area contributed by atoms with E-state index in [1.54, 1.807) is 0 Å². The standard InChI is InChI=1S/C27H30ClN5/c1-6-15-33-20(2)26(27(30-4)31(5)21(33)3)32(19-23-10-12-25(28)13-11-23)16-14-22-8-7-9-24(17-22)18-29/h7-13,17H,2-4,6,14-16,19H2,1,5H3. The highest BCUT2D eigenvalue weighted by Gasteiger charge is 2.31. The minimum Gasteiger partial charge on any atom is -0.362 e. The zero-order valence-electron chi connectivity index (χ0n) is 19.4. The summed E-state index contributed by atoms with van der Waals surface area (Å²) in [5, 5.41) is 9.97. The summed E-state index contributed by atoms with van der Waals surface area (Å²) in [7, 11) is 1.96. The molecule has 0 atom stereocenters. The molecule has 6 heteroatoms. The Kier molecular flexibility index (Phi) is 7.97. The lowest BCUT2D eigenvalue weighted by molar-refractivity contribution is 0.241. The molecule has 0 aliphatic carbocycles. The molecule has 1 aliphatic rings. The van der Waals surface area contributed by atoms with Crippen molar-refractivity contribution in [2.45, 2.75) is 26.3 Å². The maximum atomic E-state index is 9.27. The van der Waals surface area contributed by atoms with Crippen molar-refractivity contribution in [1.29, 1.82) is 5.26 Å². The summed E-state index contributed by atoms with van der Waals surface area (Å²) in [6, 6.07) is 17.8. The fourth-order valence-corrected chi connectivity index (χ4v) is 4.13. The summed E-state index contributed by atoms with van der Waals surface area (Å²) in [5.74, 6) is 1.57. The van der Waals surface area contributed by atoms with E-state index < -0.39 is 0 Å². The van der Waals surface area contributed by atoms with Crippen LogP contribution in [0.5, 0.6) is 0 Å². The molecule has 0 unspecified atom stereocenters. The summed E-state index contributed by atoms with van der Waals surface area (Å²) in [5.41, 5.74) is 4.69. The molecule has 0 N–H and O–H groups in total. The van der Waals surface area contributed by atoms with Gasteiger partial charge < -0.3 is 14.7 Å². The number of hydrogen-bond acceptors (Lipinski definition) is 5. The summed E-state index contributed by atoms with van der Waals surface area (Å²) in [4.78, 5) is 10.7. The molecule has 3 rings (SSSR count). The van der Waals surface area contributed by atoms with Crippen molar-refractivity contribution >= 4 is 18.3 Å². The van der Waals surface area contributed by atoms with Gasteiger partial charge in [-0.2, -0.15) is 5.26 Å². The van der Waals surface area contributed by atoms with E-state index in [2.05, 4.69) is 53.7 Å². The van der Waals surface area contributed by atoms with Crippen molar-refractivity contribution in [3.63, 3.8) is 0 Å². The first-order valence-electron chi connectivity index (χ1n) is 11.0. The van der Waals surface area contributed by atoms with Crippen LogP contribution in [0.2, 0.25) is 5.02 Å². The zero-order valence-corrected chi connectivity index (χ0v) is 20.1. The number of rotatable bonds is 9. The van der Waals surface area contributed by atoms with E-state index in [0.29, 0.717) is 23.7 Å². The Balaban J connectivity index is 2.01. The minimum atomic E-state index is 0.656. The van der Waals surface area contributed by atoms with Crippen LogP contribution >= 0.6 is 11.6 Å². The van der Waals surface area contributed by atoms with Crippen LogP contribution in [0.4, 0.5) is 0 Å². The average Bonchev–Trinajstić information content (AvgIpc) is 2.83. The average molecular weight is 460 g/mol. The van der Waals surface area contributed by atoms with E-state index in [-0.39, 0.29) is 0 Å². The Bertz CT molecular complexity index is 1110. The monoisotopic (exact) mass is 459 g/mol. The van der Waals surface area contributed by atoms with Crippen LogP contribution in [-0.2, 0) is 13.0 Å². The number of benzene rings is 2. The third-order valence-corrected chi connectivity index (χ3v) is 6.01. The number of halogens is 1. The second-order valence-corrected chi connectivity index (χ2v) is 8.45. The largest absolute Gasteiger partial charge is 0.362 e. The molecule has 0 saturated heterocycles. The van der Waals surface area contributed by atoms with Crippen LogP contribution in [-0.4, -0.2) is 41.6 Å². The van der Waals surface area contributed by atoms with E-state index in [9.17, 15) is 5.26 Å². The van der Waals surface area contributed by atoms with Gasteiger partial charge in [0.25, 0.3) is 0 Å². The molecular formula is C27H30ClN5. The van der Waals surface area contributed by atoms with Gasteiger partial charge >= 0.3 is 0 Å². The summed E-state index contributed by atoms with van der Waals surface area (Å²) in [6.45, 7) is 16.8. The first-order valence-corrected chi connectivity index (χ1v) is 11.4. The lowest BCUT2D eigenvalue weighted by Gasteiger charge is -2.44. The quantitative estimate of drug-likeness (QED) is 0.446. The van der Waals surface area contributed by atoms with Gasteiger partial charge in [-0.15, -0.1) is 0 Å². The fourth-order valence-electron chi connectivity index (χ4n) is 4.01. The van der Waals surface area contributed by atoms with Gasteiger partial charge in [-0.1, -0.05) is 55.9 Å². The molecule has 0 fully saturated rings. The van der Waals surface area contributed by atoms with Crippen LogP contribution in [0.25, 0.3) is 0 Å². The van der Waals surface area contributed by atoms with Crippen molar-refractivity contribution in [2.75, 3.05) is 20.1 Å². The van der Waals surface area contributed by atoms with Crippen LogP contribution in [0.15, 0.2) is 89.7 Å². The second kappa shape index (κ2) is 10.9. The Morgan fingerprint density at radius 1 is 1.12 bits per heavy atom. The highest BCUT2D eigenvalue weighted by atomic mass is 35.5. The molecule has 170 valence electrons. The first-order chi connectivity index (χ1) is 15.9. The molecule has 33 heavy (non-hydrogen) atoms. The molecule has 0 saturated carbocycles. The zero-order chi connectivity index (χ0) is 24.0. The molecule has 2 aromatic carbocycles. The molecule has 1 aliphatic heterocycles. The number of nitrogens with zero attached hydrogens (tertiary/aromatic N) is 5. The molecule has 0 spiro atoms. The Morgan fingerprint density at radius 2 is 1.85 bits per heavy atom. The number of hydrogen-bond donors (Lipinski definition) is 0. The van der Waals surface area contributed by atoms with E-state index in [1.165, 1.54) is 0 Å². The summed E-state index contributed by atoms with van der Waals surface area (Å²) in [6.07, 6.45) is 1.73. The van der Waals surface area contributed by atoms with Gasteiger partial charge in [0.15, 0.2) is 5.82 Å². The number of aliphatic imine (C=N–C) groups is 1. The Hall–Kier alpha value is -3.49. The van der Waals surface area contributed by atoms with Crippen LogP contribution in [0.3, 0.4) is 0 Å². The molecular weight excluding hydrogens is 430 g/mol. The van der Waals surface area contributed by atoms with Crippen LogP contribution in [0, 0.1) is 11.3 Å². The van der Waals surface area contributed by atoms with Gasteiger partial charge in [-0.05, 0) is 55.0 Å². The molecule has 0 amide bonds. The highest BCUT2D eigenvalue weighted by molar-refractivity contribution is 6.30. The van der Waals surface area contributed by atoms with Crippen LogP contribution in [0.1, 0.15) is 30.0 Å². The third-order valence-electron chi connectivity index (χ3n) is 5.75. The van der Waals surface area contributed by atoms with Crippen molar-refractivity contribution in [3.05, 3.63) is 106 Å². The molecule has 1 heterocycles. The molecule has 0 bridgehead atoms. The van der Waals surface area contributed by atoms with Crippen molar-refractivity contribution in [1.82, 2.24) is 14.7 Å². The third kappa shape index (κ3) is 5.47. The van der Waals surface area contributed by atoms with Crippen LogP contribution < -0.4 is 0 Å². The van der Waals surface area contributed by atoms with Gasteiger partial charge in [0.2, 0.25) is 0 Å².